The van der Waals surface area contributed by atoms with Crippen molar-refractivity contribution in [2.75, 3.05) is 5.94 Å². The van der Waals surface area contributed by atoms with Crippen molar-refractivity contribution < 1.29 is 9.82 Å². The summed E-state index contributed by atoms with van der Waals surface area (Å²) >= 11 is 14.2. The third-order valence-electron chi connectivity index (χ3n) is 4.38. The summed E-state index contributed by atoms with van der Waals surface area (Å²) in [6.45, 7) is 0. The molecule has 0 saturated heterocycles. The zero-order valence-electron chi connectivity index (χ0n) is 15.2. The van der Waals surface area contributed by atoms with Gasteiger partial charge >= 0.3 is 0 Å². The van der Waals surface area contributed by atoms with Crippen LogP contribution in [0.2, 0.25) is 10.0 Å². The highest BCUT2D eigenvalue weighted by molar-refractivity contribution is 7.99. The Morgan fingerprint density at radius 2 is 2.00 bits per heavy atom. The lowest BCUT2D eigenvalue weighted by Gasteiger charge is -2.24. The molecule has 1 heterocycles. The molecule has 0 amide bonds. The van der Waals surface area contributed by atoms with Crippen LogP contribution >= 0.6 is 35.0 Å². The van der Waals surface area contributed by atoms with Crippen molar-refractivity contribution in [3.05, 3.63) is 67.9 Å². The van der Waals surface area contributed by atoms with Crippen LogP contribution in [0.3, 0.4) is 0 Å². The van der Waals surface area contributed by atoms with Gasteiger partial charge in [-0.05, 0) is 30.5 Å². The molecule has 1 aliphatic carbocycles. The fourth-order valence-corrected chi connectivity index (χ4v) is 4.59. The minimum absolute atomic E-state index is 0.109. The van der Waals surface area contributed by atoms with Gasteiger partial charge in [0.2, 0.25) is 0 Å². The number of benzene rings is 1. The highest BCUT2D eigenvalue weighted by Crippen LogP contribution is 2.30. The maximum absolute atomic E-state index is 8.25. The predicted octanol–water partition coefficient (Wildman–Crippen LogP) is 5.73. The highest BCUT2D eigenvalue weighted by atomic mass is 35.5. The number of thioether (sulfide) groups is 1. The molecule has 1 fully saturated rings. The Hall–Kier alpha value is -1.48. The van der Waals surface area contributed by atoms with Crippen LogP contribution in [0.25, 0.3) is 0 Å². The molecule has 0 radical (unpaired) electrons. The van der Waals surface area contributed by atoms with Crippen LogP contribution in [0.1, 0.15) is 43.9 Å². The first-order valence-corrected chi connectivity index (χ1v) is 10.7. The minimum atomic E-state index is -1.75. The number of rotatable bonds is 7. The van der Waals surface area contributed by atoms with Crippen LogP contribution in [-0.4, -0.2) is 25.8 Å². The summed E-state index contributed by atoms with van der Waals surface area (Å²) in [5.41, 5.74) is 1.03. The zero-order chi connectivity index (χ0) is 20.4. The molecule has 0 N–H and O–H groups in total. The van der Waals surface area contributed by atoms with E-state index in [1.165, 1.54) is 32.1 Å². The lowest BCUT2D eigenvalue weighted by Crippen LogP contribution is -2.16. The maximum Gasteiger partial charge on any atom is 0.139 e. The maximum atomic E-state index is 8.25. The largest absolute Gasteiger partial charge is 0.356 e. The first-order valence-electron chi connectivity index (χ1n) is 8.92. The Balaban J connectivity index is 0.000000640. The lowest BCUT2D eigenvalue weighted by atomic mass is 10.0. The smallest absolute Gasteiger partial charge is 0.139 e. The zero-order valence-corrected chi connectivity index (χ0v) is 17.5. The van der Waals surface area contributed by atoms with Crippen LogP contribution in [0.5, 0.6) is 0 Å². The van der Waals surface area contributed by atoms with E-state index in [9.17, 15) is 0 Å². The van der Waals surface area contributed by atoms with Crippen molar-refractivity contribution in [1.29, 1.82) is 0 Å². The summed E-state index contributed by atoms with van der Waals surface area (Å²) in [4.78, 5) is 12.4. The molecule has 2 aromatic rings. The summed E-state index contributed by atoms with van der Waals surface area (Å²) in [7, 11) is 0. The van der Waals surface area contributed by atoms with Crippen LogP contribution in [0.15, 0.2) is 36.9 Å². The third kappa shape index (κ3) is 8.26. The van der Waals surface area contributed by atoms with Gasteiger partial charge in [-0.15, -0.1) is 11.8 Å². The van der Waals surface area contributed by atoms with Gasteiger partial charge in [-0.2, -0.15) is 0 Å². The molecule has 10 heteroatoms. The monoisotopic (exact) mass is 446 g/mol. The Morgan fingerprint density at radius 3 is 2.61 bits per heavy atom. The average molecular weight is 447 g/mol. The molecule has 1 saturated carbocycles. The van der Waals surface area contributed by atoms with Crippen LogP contribution in [0, 0.1) is 15.3 Å². The number of imidazole rings is 1. The summed E-state index contributed by atoms with van der Waals surface area (Å²) < 4.78 is 8.17. The van der Waals surface area contributed by atoms with Crippen LogP contribution < -0.4 is 0 Å². The van der Waals surface area contributed by atoms with Crippen molar-refractivity contribution >= 4 is 35.0 Å². The normalized spacial score (nSPS) is 15.5. The molecule has 3 rings (SSSR count). The van der Waals surface area contributed by atoms with Gasteiger partial charge in [-0.25, -0.2) is 4.98 Å². The Kier molecular flexibility index (Phi) is 9.91. The first kappa shape index (κ1) is 22.8. The van der Waals surface area contributed by atoms with Gasteiger partial charge in [-0.1, -0.05) is 48.5 Å². The SMILES string of the molecule is Clc1ccc(CC(OCSC2CCCCC2)n2ccnc2)c(Cl)c1.O=[N+]([O-])[O-]. The van der Waals surface area contributed by atoms with E-state index in [2.05, 4.69) is 4.98 Å². The van der Waals surface area contributed by atoms with Gasteiger partial charge < -0.3 is 24.6 Å². The Labute approximate surface area is 178 Å². The molecule has 7 nitrogen and oxygen atoms in total. The summed E-state index contributed by atoms with van der Waals surface area (Å²) in [6.07, 6.45) is 12.8. The molecule has 28 heavy (non-hydrogen) atoms. The predicted molar refractivity (Wildman–Crippen MR) is 112 cm³/mol. The molecule has 1 aromatic carbocycles. The van der Waals surface area contributed by atoms with Gasteiger partial charge in [0, 0.05) is 34.1 Å². The van der Waals surface area contributed by atoms with Gasteiger partial charge in [0.1, 0.15) is 6.23 Å². The van der Waals surface area contributed by atoms with E-state index in [0.717, 1.165) is 10.8 Å². The van der Waals surface area contributed by atoms with Crippen LogP contribution in [0.4, 0.5) is 0 Å². The summed E-state index contributed by atoms with van der Waals surface area (Å²) in [5, 5.41) is 16.8. The van der Waals surface area contributed by atoms with Gasteiger partial charge in [0.15, 0.2) is 0 Å². The van der Waals surface area contributed by atoms with Crippen molar-refractivity contribution in [2.24, 2.45) is 0 Å². The van der Waals surface area contributed by atoms with E-state index < -0.39 is 5.09 Å². The van der Waals surface area contributed by atoms with E-state index in [0.29, 0.717) is 22.4 Å². The second kappa shape index (κ2) is 12.2. The molecule has 1 aromatic heterocycles. The third-order valence-corrected chi connectivity index (χ3v) is 6.19. The molecule has 1 aliphatic rings. The molecule has 0 bridgehead atoms. The highest BCUT2D eigenvalue weighted by Gasteiger charge is 2.17. The fourth-order valence-electron chi connectivity index (χ4n) is 3.01. The number of nitrogens with zero attached hydrogens (tertiary/aromatic N) is 3. The second-order valence-corrected chi connectivity index (χ2v) is 8.42. The number of hydrogen-bond acceptors (Lipinski definition) is 6. The lowest BCUT2D eigenvalue weighted by molar-refractivity contribution is -0.402. The molecule has 0 aliphatic heterocycles. The van der Waals surface area contributed by atoms with Gasteiger partial charge in [0.05, 0.1) is 17.4 Å². The Bertz CT molecular complexity index is 724. The van der Waals surface area contributed by atoms with E-state index >= 15 is 0 Å². The first-order chi connectivity index (χ1) is 13.5. The second-order valence-electron chi connectivity index (χ2n) is 6.34. The molecule has 154 valence electrons. The average Bonchev–Trinajstić information content (AvgIpc) is 3.18. The number of hydrogen-bond donors (Lipinski definition) is 0. The number of aromatic nitrogens is 2. The van der Waals surface area contributed by atoms with Crippen molar-refractivity contribution in [3.63, 3.8) is 0 Å². The molecule has 1 atom stereocenters. The summed E-state index contributed by atoms with van der Waals surface area (Å²) in [6, 6.07) is 5.61. The minimum Gasteiger partial charge on any atom is -0.356 e. The van der Waals surface area contributed by atoms with Gasteiger partial charge in [-0.3, -0.25) is 0 Å². The summed E-state index contributed by atoms with van der Waals surface area (Å²) in [5.74, 6) is 0.693. The van der Waals surface area contributed by atoms with Gasteiger partial charge in [0.25, 0.3) is 0 Å². The Morgan fingerprint density at radius 1 is 1.29 bits per heavy atom. The molecule has 1 unspecified atom stereocenters. The topological polar surface area (TPSA) is 93.2 Å². The van der Waals surface area contributed by atoms with E-state index in [1.807, 2.05) is 34.7 Å². The van der Waals surface area contributed by atoms with Crippen molar-refractivity contribution in [1.82, 2.24) is 9.55 Å². The standard InChI is InChI=1S/C18H22Cl2N2OS.NO3/c19-15-7-6-14(17(20)11-15)10-18(22-9-8-21-12-22)23-13-24-16-4-2-1-3-5-16;2-1(3)4/h6-9,11-12,16,18H,1-5,10,13H2;/q;-1. The van der Waals surface area contributed by atoms with E-state index in [-0.39, 0.29) is 6.23 Å². The van der Waals surface area contributed by atoms with Crippen molar-refractivity contribution in [3.8, 4) is 0 Å². The van der Waals surface area contributed by atoms with E-state index in [4.69, 9.17) is 43.3 Å². The van der Waals surface area contributed by atoms with Crippen molar-refractivity contribution in [2.45, 2.75) is 50.0 Å². The molecule has 0 spiro atoms. The number of ether oxygens (including phenoxy) is 1. The quantitative estimate of drug-likeness (QED) is 0.306. The van der Waals surface area contributed by atoms with Crippen LogP contribution in [-0.2, 0) is 11.2 Å². The van der Waals surface area contributed by atoms with E-state index in [1.54, 1.807) is 18.6 Å². The fraction of sp³-hybridized carbons (Fsp3) is 0.500. The molecular formula is C18H22Cl2N3O4S-. The number of halogens is 2. The molecular weight excluding hydrogens is 425 g/mol.